The molecular weight excluding hydrogens is 576 g/mol. The van der Waals surface area contributed by atoms with Crippen molar-refractivity contribution in [1.29, 1.82) is 0 Å². The standard InChI is InChI=1S/C29H26N6O9/c1-33-15-17(14-30-33)28-26(20-8-7-19(40-2)13-23(20)44-28)27(16-10-24(41-3)29(43-5)25(11-16)42-4)32-31-21-9-6-18(34(36)37)12-22(21)35(38)39/h6-15,31H,1-5H3. The number of nitrogens with one attached hydrogen (secondary N) is 1. The zero-order chi connectivity index (χ0) is 31.5. The minimum atomic E-state index is -0.732. The lowest BCUT2D eigenvalue weighted by Crippen LogP contribution is -2.10. The van der Waals surface area contributed by atoms with Crippen LogP contribution in [0.4, 0.5) is 17.1 Å². The highest BCUT2D eigenvalue weighted by Gasteiger charge is 2.27. The maximum absolute atomic E-state index is 11.9. The van der Waals surface area contributed by atoms with E-state index in [9.17, 15) is 20.2 Å². The average molecular weight is 603 g/mol. The number of nitro benzene ring substituents is 2. The van der Waals surface area contributed by atoms with E-state index >= 15 is 0 Å². The van der Waals surface area contributed by atoms with Crippen LogP contribution in [0.2, 0.25) is 0 Å². The number of hydrogen-bond acceptors (Lipinski definition) is 12. The molecule has 0 radical (unpaired) electrons. The summed E-state index contributed by atoms with van der Waals surface area (Å²) in [6, 6.07) is 11.8. The van der Waals surface area contributed by atoms with Crippen molar-refractivity contribution in [3.8, 4) is 34.3 Å². The van der Waals surface area contributed by atoms with Gasteiger partial charge in [-0.15, -0.1) is 0 Å². The zero-order valence-corrected chi connectivity index (χ0v) is 24.2. The molecule has 0 aliphatic heterocycles. The van der Waals surface area contributed by atoms with Crippen molar-refractivity contribution in [2.45, 2.75) is 0 Å². The van der Waals surface area contributed by atoms with Crippen LogP contribution in [0.1, 0.15) is 11.1 Å². The molecule has 5 rings (SSSR count). The van der Waals surface area contributed by atoms with Crippen LogP contribution < -0.4 is 24.4 Å². The van der Waals surface area contributed by atoms with E-state index in [0.29, 0.717) is 56.4 Å². The van der Waals surface area contributed by atoms with Gasteiger partial charge in [0.05, 0.1) is 61.7 Å². The number of methoxy groups -OCH3 is 4. The van der Waals surface area contributed by atoms with Gasteiger partial charge in [-0.25, -0.2) is 0 Å². The molecule has 3 aromatic carbocycles. The Morgan fingerprint density at radius 3 is 2.23 bits per heavy atom. The zero-order valence-electron chi connectivity index (χ0n) is 24.2. The summed E-state index contributed by atoms with van der Waals surface area (Å²) < 4.78 is 30.0. The Balaban J connectivity index is 1.82. The summed E-state index contributed by atoms with van der Waals surface area (Å²) >= 11 is 0. The Labute approximate surface area is 249 Å². The Bertz CT molecular complexity index is 1900. The quantitative estimate of drug-likeness (QED) is 0.114. The molecule has 2 heterocycles. The van der Waals surface area contributed by atoms with Crippen LogP contribution in [0.15, 0.2) is 70.4 Å². The molecule has 0 aliphatic carbocycles. The minimum absolute atomic E-state index is 0.0806. The normalized spacial score (nSPS) is 11.3. The third-order valence-electron chi connectivity index (χ3n) is 6.72. The Kier molecular flexibility index (Phi) is 8.02. The summed E-state index contributed by atoms with van der Waals surface area (Å²) in [5, 5.41) is 32.7. The number of anilines is 1. The molecule has 2 aromatic heterocycles. The first kappa shape index (κ1) is 29.4. The maximum atomic E-state index is 11.9. The Morgan fingerprint density at radius 2 is 1.66 bits per heavy atom. The van der Waals surface area contributed by atoms with Crippen LogP contribution in [0.5, 0.6) is 23.0 Å². The number of nitrogens with zero attached hydrogens (tertiary/aromatic N) is 5. The molecule has 0 fully saturated rings. The van der Waals surface area contributed by atoms with Gasteiger partial charge in [0.1, 0.15) is 28.5 Å². The van der Waals surface area contributed by atoms with E-state index in [1.807, 2.05) is 0 Å². The highest BCUT2D eigenvalue weighted by atomic mass is 16.6. The number of hydrogen-bond donors (Lipinski definition) is 1. The van der Waals surface area contributed by atoms with Gasteiger partial charge in [0, 0.05) is 36.3 Å². The fourth-order valence-corrected chi connectivity index (χ4v) is 4.66. The number of ether oxygens (including phenoxy) is 4. The van der Waals surface area contributed by atoms with Gasteiger partial charge in [-0.05, 0) is 30.3 Å². The van der Waals surface area contributed by atoms with Crippen molar-refractivity contribution in [2.75, 3.05) is 33.9 Å². The van der Waals surface area contributed by atoms with Crippen molar-refractivity contribution >= 4 is 33.7 Å². The van der Waals surface area contributed by atoms with Gasteiger partial charge in [-0.2, -0.15) is 10.2 Å². The third-order valence-corrected chi connectivity index (χ3v) is 6.72. The van der Waals surface area contributed by atoms with Gasteiger partial charge in [0.15, 0.2) is 11.5 Å². The minimum Gasteiger partial charge on any atom is -0.497 e. The summed E-state index contributed by atoms with van der Waals surface area (Å²) in [7, 11) is 7.71. The van der Waals surface area contributed by atoms with Gasteiger partial charge in [0.2, 0.25) is 5.75 Å². The van der Waals surface area contributed by atoms with Crippen LogP contribution in [-0.4, -0.2) is 53.8 Å². The van der Waals surface area contributed by atoms with Gasteiger partial charge in [-0.3, -0.25) is 30.3 Å². The van der Waals surface area contributed by atoms with Crippen LogP contribution in [0.25, 0.3) is 22.3 Å². The smallest absolute Gasteiger partial charge is 0.301 e. The summed E-state index contributed by atoms with van der Waals surface area (Å²) in [5.41, 5.74) is 4.01. The maximum Gasteiger partial charge on any atom is 0.301 e. The molecule has 15 heteroatoms. The van der Waals surface area contributed by atoms with Crippen molar-refractivity contribution in [3.05, 3.63) is 92.3 Å². The lowest BCUT2D eigenvalue weighted by Gasteiger charge is -2.16. The van der Waals surface area contributed by atoms with Crippen molar-refractivity contribution in [3.63, 3.8) is 0 Å². The predicted molar refractivity (Wildman–Crippen MR) is 160 cm³/mol. The second-order valence-corrected chi connectivity index (χ2v) is 9.27. The van der Waals surface area contributed by atoms with Gasteiger partial charge >= 0.3 is 5.69 Å². The lowest BCUT2D eigenvalue weighted by atomic mass is 9.96. The molecule has 5 aromatic rings. The van der Waals surface area contributed by atoms with Crippen molar-refractivity contribution < 1.29 is 33.2 Å². The number of non-ortho nitro benzene ring substituents is 1. The molecule has 1 N–H and O–H groups in total. The number of fused-ring (bicyclic) bond motifs is 1. The van der Waals surface area contributed by atoms with E-state index in [-0.39, 0.29) is 11.4 Å². The molecule has 0 atom stereocenters. The van der Waals surface area contributed by atoms with E-state index in [1.165, 1.54) is 34.5 Å². The number of benzene rings is 3. The molecule has 0 spiro atoms. The van der Waals surface area contributed by atoms with Crippen molar-refractivity contribution in [2.24, 2.45) is 12.1 Å². The Morgan fingerprint density at radius 1 is 0.932 bits per heavy atom. The molecule has 0 saturated carbocycles. The van der Waals surface area contributed by atoms with Crippen molar-refractivity contribution in [1.82, 2.24) is 9.78 Å². The Hall–Kier alpha value is -6.12. The van der Waals surface area contributed by atoms with Gasteiger partial charge < -0.3 is 23.4 Å². The van der Waals surface area contributed by atoms with Gasteiger partial charge in [-0.1, -0.05) is 0 Å². The SMILES string of the molecule is COc1ccc2c(C(=NNc3ccc([N+](=O)[O-])cc3[N+](=O)[O-])c3cc(OC)c(OC)c(OC)c3)c(-c3cnn(C)c3)oc2c1. The first-order valence-electron chi connectivity index (χ1n) is 12.9. The molecule has 0 bridgehead atoms. The molecule has 15 nitrogen and oxygen atoms in total. The molecule has 0 amide bonds. The summed E-state index contributed by atoms with van der Waals surface area (Å²) in [4.78, 5) is 21.7. The highest BCUT2D eigenvalue weighted by Crippen LogP contribution is 2.42. The average Bonchev–Trinajstić information content (AvgIpc) is 3.63. The first-order chi connectivity index (χ1) is 21.2. The summed E-state index contributed by atoms with van der Waals surface area (Å²) in [5.74, 6) is 1.95. The fraction of sp³-hybridized carbons (Fsp3) is 0.172. The first-order valence-corrected chi connectivity index (χ1v) is 12.9. The fourth-order valence-electron chi connectivity index (χ4n) is 4.66. The van der Waals surface area contributed by atoms with Gasteiger partial charge in [0.25, 0.3) is 5.69 Å². The summed E-state index contributed by atoms with van der Waals surface area (Å²) in [6.07, 6.45) is 3.39. The third kappa shape index (κ3) is 5.40. The molecule has 226 valence electrons. The monoisotopic (exact) mass is 602 g/mol. The number of hydrazone groups is 1. The van der Waals surface area contributed by atoms with E-state index in [4.69, 9.17) is 23.4 Å². The number of rotatable bonds is 11. The van der Waals surface area contributed by atoms with E-state index in [1.54, 1.807) is 54.5 Å². The second kappa shape index (κ2) is 12.0. The topological polar surface area (TPSA) is 179 Å². The van der Waals surface area contributed by atoms with Crippen LogP contribution >= 0.6 is 0 Å². The predicted octanol–water partition coefficient (Wildman–Crippen LogP) is 5.55. The van der Waals surface area contributed by atoms with E-state index in [0.717, 1.165) is 12.1 Å². The molecule has 44 heavy (non-hydrogen) atoms. The highest BCUT2D eigenvalue weighted by molar-refractivity contribution is 6.23. The molecule has 0 saturated heterocycles. The number of aryl methyl sites for hydroxylation is 1. The number of nitro groups is 2. The molecular formula is C29H26N6O9. The number of aromatic nitrogens is 2. The van der Waals surface area contributed by atoms with Crippen LogP contribution in [0, 0.1) is 20.2 Å². The lowest BCUT2D eigenvalue weighted by molar-refractivity contribution is -0.393. The van der Waals surface area contributed by atoms with E-state index in [2.05, 4.69) is 15.6 Å². The number of furan rings is 1. The van der Waals surface area contributed by atoms with Crippen LogP contribution in [0.3, 0.4) is 0 Å². The summed E-state index contributed by atoms with van der Waals surface area (Å²) in [6.45, 7) is 0. The van der Waals surface area contributed by atoms with Crippen LogP contribution in [-0.2, 0) is 7.05 Å². The molecule has 0 aliphatic rings. The molecule has 0 unspecified atom stereocenters. The second-order valence-electron chi connectivity index (χ2n) is 9.27. The van der Waals surface area contributed by atoms with E-state index < -0.39 is 21.2 Å². The largest absolute Gasteiger partial charge is 0.497 e.